The number of H-pyrrole nitrogens is 2. The van der Waals surface area contributed by atoms with Gasteiger partial charge in [0.25, 0.3) is 0 Å². The summed E-state index contributed by atoms with van der Waals surface area (Å²) in [6, 6.07) is 41.9. The molecule has 4 nitrogen and oxygen atoms in total. The Morgan fingerprint density at radius 2 is 0.600 bits per heavy atom. The van der Waals surface area contributed by atoms with Crippen LogP contribution in [0.1, 0.15) is 131 Å². The molecule has 13 aliphatic carbocycles. The molecule has 8 unspecified atom stereocenters. The van der Waals surface area contributed by atoms with Crippen LogP contribution in [0.5, 0.6) is 0 Å². The number of allylic oxidation sites excluding steroid dienone is 14. The smallest absolute Gasteiger partial charge is 0.0857 e. The van der Waals surface area contributed by atoms with Crippen molar-refractivity contribution in [2.45, 2.75) is 75.0 Å². The number of nitrogens with one attached hydrogen (secondary N) is 2. The zero-order valence-electron chi connectivity index (χ0n) is 44.3. The van der Waals surface area contributed by atoms with Crippen LogP contribution in [0.4, 0.5) is 0 Å². The molecule has 2 N–H and O–H groups in total. The highest BCUT2D eigenvalue weighted by atomic mass is 14.9. The fourth-order valence-corrected chi connectivity index (χ4v) is 15.4. The molecule has 0 saturated carbocycles. The first kappa shape index (κ1) is 45.7. The Morgan fingerprint density at radius 1 is 0.287 bits per heavy atom. The van der Waals surface area contributed by atoms with E-state index in [2.05, 4.69) is 227 Å². The molecule has 378 valence electrons. The van der Waals surface area contributed by atoms with Gasteiger partial charge in [-0.3, -0.25) is 0 Å². The molecular formula is C76H54N4. The molecule has 4 heteroatoms. The van der Waals surface area contributed by atoms with Gasteiger partial charge in [-0.15, -0.1) is 0 Å². The number of hydrogen-bond acceptors (Lipinski definition) is 2. The van der Waals surface area contributed by atoms with Gasteiger partial charge >= 0.3 is 0 Å². The molecule has 4 aromatic carbocycles. The van der Waals surface area contributed by atoms with Crippen LogP contribution in [0.25, 0.3) is 16.7 Å². The number of hydrogen-bond donors (Lipinski definition) is 2. The third-order valence-corrected chi connectivity index (χ3v) is 19.0. The molecule has 2 aliphatic heterocycles. The molecule has 16 bridgehead atoms. The standard InChI is InChI=1S/C76H54N4/c1-5-13-45(14-6-1)21-41-57-69-61-49-25-29-51(30-26-49)63(61)71(77-69)58(42-22-46-15-7-2-8-16-46)73-65-53-33-37-55(38-34-53)67(65)75(79-73)60(44-24-48-19-11-4-12-20-48)76-68-56-39-35-54(36-40-56)66(68)74(80-76)59(43-23-47-17-9-3-10-18-47)72-64-52-31-27-50(28-32-52)62(64)70(57)78-72/h1-20,25,27,29,31,33,35,37,39,49-56,77-78H,26,28,30,32,34,36,38,40H2. The molecule has 4 heterocycles. The monoisotopic (exact) mass is 1020 g/mol. The van der Waals surface area contributed by atoms with E-state index in [4.69, 9.17) is 9.98 Å². The predicted octanol–water partition coefficient (Wildman–Crippen LogP) is 13.6. The van der Waals surface area contributed by atoms with Gasteiger partial charge in [-0.25, -0.2) is 9.98 Å². The SMILES string of the molecule is C(#Cc1ccccc1)C1=C2N=C(C3=C2C2C=CC3CC2)C(C#Cc2ccccc2)=c2[nH]c(c3c2C2C=CC3CC2)=C(C#Cc2ccccc2)c2[nH]c(c3c2C2C=CC3CC2)C(C#Cc2ccccc2)=C2N=C1C1=C2C2C=CC1CC2. The lowest BCUT2D eigenvalue weighted by Crippen LogP contribution is -2.28. The zero-order valence-corrected chi connectivity index (χ0v) is 44.3. The second kappa shape index (κ2) is 18.1. The van der Waals surface area contributed by atoms with Crippen molar-refractivity contribution in [2.75, 3.05) is 0 Å². The summed E-state index contributed by atoms with van der Waals surface area (Å²) in [6.45, 7) is 0. The van der Waals surface area contributed by atoms with Gasteiger partial charge in [0.1, 0.15) is 0 Å². The zero-order chi connectivity index (χ0) is 52.4. The molecule has 0 fully saturated rings. The minimum Gasteiger partial charge on any atom is -0.353 e. The first-order chi connectivity index (χ1) is 39.7. The maximum absolute atomic E-state index is 6.13. The molecule has 0 spiro atoms. The summed E-state index contributed by atoms with van der Waals surface area (Å²) in [6.07, 6.45) is 28.3. The largest absolute Gasteiger partial charge is 0.353 e. The minimum atomic E-state index is 0.179. The number of aliphatic imine (C=N–C) groups is 2. The molecule has 8 atom stereocenters. The number of rotatable bonds is 0. The maximum Gasteiger partial charge on any atom is 0.0857 e. The molecule has 21 rings (SSSR count). The highest BCUT2D eigenvalue weighted by Crippen LogP contribution is 2.56. The van der Waals surface area contributed by atoms with Crippen molar-refractivity contribution in [3.8, 4) is 47.4 Å². The molecule has 15 aliphatic rings. The second-order valence-corrected chi connectivity index (χ2v) is 23.3. The maximum atomic E-state index is 6.13. The van der Waals surface area contributed by atoms with Crippen LogP contribution < -0.4 is 10.7 Å². The van der Waals surface area contributed by atoms with Gasteiger partial charge in [0, 0.05) is 69.6 Å². The van der Waals surface area contributed by atoms with Gasteiger partial charge in [-0.05, 0) is 144 Å². The molecule has 0 saturated heterocycles. The van der Waals surface area contributed by atoms with E-state index >= 15 is 0 Å². The van der Waals surface area contributed by atoms with E-state index in [0.717, 1.165) is 141 Å². The third kappa shape index (κ3) is 7.09. The molecule has 6 aromatic rings. The van der Waals surface area contributed by atoms with Crippen molar-refractivity contribution in [3.63, 3.8) is 0 Å². The van der Waals surface area contributed by atoms with Gasteiger partial charge in [0.05, 0.1) is 67.2 Å². The Hall–Kier alpha value is -9.32. The summed E-state index contributed by atoms with van der Waals surface area (Å²) in [7, 11) is 0. The third-order valence-electron chi connectivity index (χ3n) is 19.0. The summed E-state index contributed by atoms with van der Waals surface area (Å²) >= 11 is 0. The molecule has 0 radical (unpaired) electrons. The van der Waals surface area contributed by atoms with Gasteiger partial charge in [-0.1, -0.05) is 169 Å². The first-order valence-corrected chi connectivity index (χ1v) is 29.1. The Balaban J connectivity index is 1.09. The van der Waals surface area contributed by atoms with Crippen molar-refractivity contribution in [1.29, 1.82) is 0 Å². The van der Waals surface area contributed by atoms with Crippen molar-refractivity contribution < 1.29 is 0 Å². The van der Waals surface area contributed by atoms with Crippen molar-refractivity contribution in [2.24, 2.45) is 33.7 Å². The topological polar surface area (TPSA) is 56.3 Å². The van der Waals surface area contributed by atoms with E-state index < -0.39 is 0 Å². The lowest BCUT2D eigenvalue weighted by molar-refractivity contribution is 0.500. The van der Waals surface area contributed by atoms with Crippen LogP contribution in [0.15, 0.2) is 219 Å². The summed E-state index contributed by atoms with van der Waals surface area (Å²) < 4.78 is 0. The van der Waals surface area contributed by atoms with Crippen LogP contribution in [0.2, 0.25) is 0 Å². The summed E-state index contributed by atoms with van der Waals surface area (Å²) in [5.41, 5.74) is 24.2. The Kier molecular flexibility index (Phi) is 10.3. The van der Waals surface area contributed by atoms with E-state index in [1.54, 1.807) is 0 Å². The number of benzene rings is 4. The molecular weight excluding hydrogens is 969 g/mol. The average molecular weight is 1020 g/mol. The summed E-state index contributed by atoms with van der Waals surface area (Å²) in [5.74, 6) is 32.3. The van der Waals surface area contributed by atoms with Crippen LogP contribution in [-0.4, -0.2) is 21.4 Å². The number of aromatic nitrogens is 2. The number of fused-ring (bicyclic) bond motifs is 4. The fraction of sp³-hybridized carbons (Fsp3) is 0.211. The van der Waals surface area contributed by atoms with E-state index in [1.165, 1.54) is 44.5 Å². The van der Waals surface area contributed by atoms with Gasteiger partial charge in [0.2, 0.25) is 0 Å². The second-order valence-electron chi connectivity index (χ2n) is 23.3. The Morgan fingerprint density at radius 3 is 1.02 bits per heavy atom. The number of aromatic amines is 2. The lowest BCUT2D eigenvalue weighted by atomic mass is 9.67. The number of nitrogens with zero attached hydrogens (tertiary/aromatic N) is 2. The Labute approximate surface area is 467 Å². The Bertz CT molecular complexity index is 4500. The molecule has 0 amide bonds. The molecule has 2 aromatic heterocycles. The van der Waals surface area contributed by atoms with E-state index in [1.807, 2.05) is 0 Å². The van der Waals surface area contributed by atoms with Crippen LogP contribution in [0.3, 0.4) is 0 Å². The minimum absolute atomic E-state index is 0.179. The highest BCUT2D eigenvalue weighted by molar-refractivity contribution is 6.35. The van der Waals surface area contributed by atoms with Crippen LogP contribution in [-0.2, 0) is 0 Å². The van der Waals surface area contributed by atoms with Gasteiger partial charge in [-0.2, -0.15) is 0 Å². The normalized spacial score (nSPS) is 25.9. The lowest BCUT2D eigenvalue weighted by Gasteiger charge is -2.35. The van der Waals surface area contributed by atoms with Crippen LogP contribution in [0, 0.1) is 71.0 Å². The quantitative estimate of drug-likeness (QED) is 0.113. The van der Waals surface area contributed by atoms with E-state index in [-0.39, 0.29) is 47.3 Å². The predicted molar refractivity (Wildman–Crippen MR) is 321 cm³/mol. The van der Waals surface area contributed by atoms with Crippen molar-refractivity contribution in [1.82, 2.24) is 9.97 Å². The summed E-state index contributed by atoms with van der Waals surface area (Å²) in [4.78, 5) is 20.9. The molecule has 80 heavy (non-hydrogen) atoms. The highest BCUT2D eigenvalue weighted by Gasteiger charge is 2.47. The fourth-order valence-electron chi connectivity index (χ4n) is 15.4. The average Bonchev–Trinajstić information content (AvgIpc) is 4.53. The van der Waals surface area contributed by atoms with E-state index in [9.17, 15) is 0 Å². The van der Waals surface area contributed by atoms with Crippen LogP contribution >= 0.6 is 0 Å². The van der Waals surface area contributed by atoms with Crippen molar-refractivity contribution in [3.05, 3.63) is 276 Å². The van der Waals surface area contributed by atoms with Gasteiger partial charge in [0.15, 0.2) is 0 Å². The van der Waals surface area contributed by atoms with Crippen molar-refractivity contribution >= 4 is 28.1 Å². The first-order valence-electron chi connectivity index (χ1n) is 29.1. The van der Waals surface area contributed by atoms with E-state index in [0.29, 0.717) is 0 Å². The van der Waals surface area contributed by atoms with Gasteiger partial charge < -0.3 is 9.97 Å². The summed E-state index contributed by atoms with van der Waals surface area (Å²) in [5, 5.41) is 2.15.